The Kier molecular flexibility index (Phi) is 7.26. The summed E-state index contributed by atoms with van der Waals surface area (Å²) in [5.41, 5.74) is 5.76. The fraction of sp³-hybridized carbons (Fsp3) is 0.219. The number of fused-ring (bicyclic) bond motifs is 1. The van der Waals surface area contributed by atoms with E-state index < -0.39 is 4.92 Å². The van der Waals surface area contributed by atoms with E-state index >= 15 is 0 Å². The highest BCUT2D eigenvalue weighted by atomic mass is 16.6. The molecule has 3 heterocycles. The number of carbonyl (C=O) groups excluding carboxylic acids is 1. The average molecular weight is 563 g/mol. The molecule has 2 aromatic heterocycles. The number of aromatic nitrogens is 3. The van der Waals surface area contributed by atoms with Gasteiger partial charge in [0.2, 0.25) is 5.91 Å². The molecule has 10 nitrogen and oxygen atoms in total. The number of hydrogen-bond acceptors (Lipinski definition) is 6. The number of rotatable bonds is 9. The van der Waals surface area contributed by atoms with Gasteiger partial charge in [0.1, 0.15) is 5.82 Å². The average Bonchev–Trinajstić information content (AvgIpc) is 3.70. The van der Waals surface area contributed by atoms with Crippen LogP contribution in [0.15, 0.2) is 77.9 Å². The van der Waals surface area contributed by atoms with Crippen molar-refractivity contribution in [3.63, 3.8) is 0 Å². The molecule has 1 aliphatic rings. The van der Waals surface area contributed by atoms with Gasteiger partial charge in [-0.15, -0.1) is 0 Å². The number of likely N-dealkylation sites (tertiary alicyclic amines) is 1. The summed E-state index contributed by atoms with van der Waals surface area (Å²) in [5, 5.41) is 23.1. The lowest BCUT2D eigenvalue weighted by Gasteiger charge is -2.15. The van der Waals surface area contributed by atoms with E-state index in [1.54, 1.807) is 12.3 Å². The second kappa shape index (κ2) is 11.3. The maximum Gasteiger partial charge on any atom is 0.270 e. The van der Waals surface area contributed by atoms with Gasteiger partial charge in [0.25, 0.3) is 5.69 Å². The van der Waals surface area contributed by atoms with Crippen LogP contribution >= 0.6 is 0 Å². The zero-order valence-electron chi connectivity index (χ0n) is 23.1. The monoisotopic (exact) mass is 562 g/mol. The molecular weight excluding hydrogens is 532 g/mol. The van der Waals surface area contributed by atoms with Crippen LogP contribution in [0.4, 0.5) is 11.4 Å². The van der Waals surface area contributed by atoms with Crippen LogP contribution < -0.4 is 0 Å². The van der Waals surface area contributed by atoms with Gasteiger partial charge >= 0.3 is 0 Å². The molecule has 212 valence electrons. The number of hydrogen-bond donors (Lipinski definition) is 3. The van der Waals surface area contributed by atoms with Gasteiger partial charge in [-0.3, -0.25) is 14.9 Å². The van der Waals surface area contributed by atoms with Crippen molar-refractivity contribution in [1.82, 2.24) is 19.9 Å². The summed E-state index contributed by atoms with van der Waals surface area (Å²) in [6.07, 6.45) is 5.06. The highest BCUT2D eigenvalue weighted by Gasteiger charge is 2.22. The minimum Gasteiger partial charge on any atom is -0.494 e. The Hall–Kier alpha value is -5.25. The molecule has 1 saturated heterocycles. The number of aromatic amines is 2. The van der Waals surface area contributed by atoms with Crippen molar-refractivity contribution >= 4 is 33.9 Å². The molecule has 3 aromatic carbocycles. The number of nitrogens with zero attached hydrogens (tertiary/aromatic N) is 4. The van der Waals surface area contributed by atoms with Crippen LogP contribution in [0, 0.1) is 17.0 Å². The standard InChI is InChI=1S/C32H30N6O4/c1-20-33-19-28(34-20)22-10-12-24(13-11-22)35-31(30-26-18-25(38(41)42)14-15-27(26)36-32(30)40)23-8-6-21(7-9-23)4-2-16-37-17-3-5-29(37)39/h6-15,18-19,36,40H,2-5,16-17H2,1H3,(H,33,34). The molecule has 1 aliphatic heterocycles. The number of amides is 1. The Labute approximate surface area is 241 Å². The topological polar surface area (TPSA) is 141 Å². The molecule has 5 aromatic rings. The predicted octanol–water partition coefficient (Wildman–Crippen LogP) is 6.20. The number of carbonyl (C=O) groups is 1. The van der Waals surface area contributed by atoms with E-state index in [-0.39, 0.29) is 17.5 Å². The summed E-state index contributed by atoms with van der Waals surface area (Å²) >= 11 is 0. The van der Waals surface area contributed by atoms with Crippen LogP contribution in [-0.2, 0) is 11.2 Å². The van der Waals surface area contributed by atoms with E-state index in [4.69, 9.17) is 4.99 Å². The Bertz CT molecular complexity index is 1800. The molecule has 0 atom stereocenters. The number of aromatic hydroxyl groups is 1. The number of nitro groups is 1. The summed E-state index contributed by atoms with van der Waals surface area (Å²) in [4.78, 5) is 40.3. The lowest BCUT2D eigenvalue weighted by atomic mass is 9.98. The second-order valence-corrected chi connectivity index (χ2v) is 10.5. The van der Waals surface area contributed by atoms with Crippen molar-refractivity contribution < 1.29 is 14.8 Å². The van der Waals surface area contributed by atoms with Crippen molar-refractivity contribution in [1.29, 1.82) is 0 Å². The maximum absolute atomic E-state index is 11.9. The Morgan fingerprint density at radius 1 is 1.10 bits per heavy atom. The first-order valence-corrected chi connectivity index (χ1v) is 13.9. The Morgan fingerprint density at radius 3 is 2.55 bits per heavy atom. The molecule has 0 spiro atoms. The second-order valence-electron chi connectivity index (χ2n) is 10.5. The summed E-state index contributed by atoms with van der Waals surface area (Å²) < 4.78 is 0. The third-order valence-electron chi connectivity index (χ3n) is 7.62. The summed E-state index contributed by atoms with van der Waals surface area (Å²) in [5.74, 6) is 0.942. The molecule has 1 amide bonds. The van der Waals surface area contributed by atoms with Crippen molar-refractivity contribution in [2.45, 2.75) is 32.6 Å². The highest BCUT2D eigenvalue weighted by Crippen LogP contribution is 2.34. The van der Waals surface area contributed by atoms with Gasteiger partial charge in [0, 0.05) is 48.1 Å². The zero-order valence-corrected chi connectivity index (χ0v) is 23.1. The number of nitro benzene ring substituents is 1. The van der Waals surface area contributed by atoms with Crippen LogP contribution in [0.2, 0.25) is 0 Å². The van der Waals surface area contributed by atoms with Crippen LogP contribution in [0.3, 0.4) is 0 Å². The van der Waals surface area contributed by atoms with Gasteiger partial charge < -0.3 is 20.0 Å². The number of benzene rings is 3. The van der Waals surface area contributed by atoms with Crippen molar-refractivity contribution in [2.75, 3.05) is 13.1 Å². The normalized spacial score (nSPS) is 13.8. The summed E-state index contributed by atoms with van der Waals surface area (Å²) in [6.45, 7) is 3.49. The minimum absolute atomic E-state index is 0.0758. The van der Waals surface area contributed by atoms with Gasteiger partial charge in [-0.05, 0) is 55.5 Å². The molecule has 1 fully saturated rings. The largest absolute Gasteiger partial charge is 0.494 e. The fourth-order valence-electron chi connectivity index (χ4n) is 5.44. The molecule has 10 heteroatoms. The number of aliphatic imine (C=N–C) groups is 1. The Balaban J connectivity index is 1.35. The summed E-state index contributed by atoms with van der Waals surface area (Å²) in [7, 11) is 0. The molecular formula is C32H30N6O4. The first-order chi connectivity index (χ1) is 20.4. The van der Waals surface area contributed by atoms with Crippen LogP contribution in [-0.4, -0.2) is 54.6 Å². The quantitative estimate of drug-likeness (QED) is 0.111. The number of aryl methyl sites for hydroxylation is 2. The van der Waals surface area contributed by atoms with Gasteiger partial charge in [-0.25, -0.2) is 9.98 Å². The number of nitrogens with one attached hydrogen (secondary N) is 2. The lowest BCUT2D eigenvalue weighted by molar-refractivity contribution is -0.384. The number of imidazole rings is 1. The van der Waals surface area contributed by atoms with Gasteiger partial charge in [-0.2, -0.15) is 0 Å². The molecule has 0 bridgehead atoms. The van der Waals surface area contributed by atoms with Crippen molar-refractivity contribution in [3.05, 3.63) is 106 Å². The van der Waals surface area contributed by atoms with Crippen LogP contribution in [0.25, 0.3) is 22.2 Å². The SMILES string of the molecule is Cc1ncc(-c2ccc(N=C(c3ccc(CCCN4CCCC4=O)cc3)c3c(O)[nH]c4ccc([N+](=O)[O-])cc34)cc2)[nH]1. The molecule has 0 radical (unpaired) electrons. The van der Waals surface area contributed by atoms with Gasteiger partial charge in [0.05, 0.1) is 33.8 Å². The third kappa shape index (κ3) is 5.51. The van der Waals surface area contributed by atoms with E-state index in [0.29, 0.717) is 34.3 Å². The zero-order chi connectivity index (χ0) is 29.2. The maximum atomic E-state index is 11.9. The van der Waals surface area contributed by atoms with Crippen LogP contribution in [0.5, 0.6) is 5.88 Å². The molecule has 0 unspecified atom stereocenters. The molecule has 6 rings (SSSR count). The lowest BCUT2D eigenvalue weighted by Crippen LogP contribution is -2.25. The van der Waals surface area contributed by atoms with E-state index in [2.05, 4.69) is 15.0 Å². The molecule has 42 heavy (non-hydrogen) atoms. The van der Waals surface area contributed by atoms with Gasteiger partial charge in [-0.1, -0.05) is 36.4 Å². The number of non-ortho nitro benzene ring substituents is 1. The number of H-pyrrole nitrogens is 2. The molecule has 0 aliphatic carbocycles. The summed E-state index contributed by atoms with van der Waals surface area (Å²) in [6, 6.07) is 20.0. The highest BCUT2D eigenvalue weighted by molar-refractivity contribution is 6.22. The predicted molar refractivity (Wildman–Crippen MR) is 161 cm³/mol. The molecule has 3 N–H and O–H groups in total. The van der Waals surface area contributed by atoms with E-state index in [1.165, 1.54) is 12.1 Å². The first-order valence-electron chi connectivity index (χ1n) is 13.9. The van der Waals surface area contributed by atoms with E-state index in [1.807, 2.05) is 60.4 Å². The first kappa shape index (κ1) is 26.9. The van der Waals surface area contributed by atoms with Crippen molar-refractivity contribution in [3.8, 4) is 17.1 Å². The Morgan fingerprint density at radius 2 is 1.88 bits per heavy atom. The van der Waals surface area contributed by atoms with E-state index in [0.717, 1.165) is 60.6 Å². The third-order valence-corrected chi connectivity index (χ3v) is 7.62. The molecule has 0 saturated carbocycles. The fourth-order valence-corrected chi connectivity index (χ4v) is 5.44. The minimum atomic E-state index is -0.454. The van der Waals surface area contributed by atoms with Gasteiger partial charge in [0.15, 0.2) is 5.88 Å². The van der Waals surface area contributed by atoms with Crippen LogP contribution in [0.1, 0.15) is 41.8 Å². The van der Waals surface area contributed by atoms with E-state index in [9.17, 15) is 20.0 Å². The smallest absolute Gasteiger partial charge is 0.270 e. The van der Waals surface area contributed by atoms with Crippen molar-refractivity contribution in [2.24, 2.45) is 4.99 Å².